The zero-order valence-corrected chi connectivity index (χ0v) is 20.0. The molecule has 158 valence electrons. The first-order valence-electron chi connectivity index (χ1n) is 10.4. The Bertz CT molecular complexity index is 840. The van der Waals surface area contributed by atoms with Crippen LogP contribution in [0.3, 0.4) is 0 Å². The van der Waals surface area contributed by atoms with E-state index in [1.165, 1.54) is 49.7 Å². The van der Waals surface area contributed by atoms with E-state index in [1.807, 2.05) is 27.2 Å². The van der Waals surface area contributed by atoms with Crippen molar-refractivity contribution in [1.82, 2.24) is 20.5 Å². The molecule has 4 rings (SSSR count). The Morgan fingerprint density at radius 2 is 1.90 bits per heavy atom. The molecule has 1 aliphatic carbocycles. The van der Waals surface area contributed by atoms with Gasteiger partial charge in [-0.25, -0.2) is 4.98 Å². The summed E-state index contributed by atoms with van der Waals surface area (Å²) in [5.41, 5.74) is 2.27. The molecule has 0 unspecified atom stereocenters. The molecule has 2 aromatic rings. The van der Waals surface area contributed by atoms with E-state index in [4.69, 9.17) is 4.98 Å². The number of aromatic nitrogens is 1. The van der Waals surface area contributed by atoms with E-state index in [0.717, 1.165) is 29.9 Å². The Morgan fingerprint density at radius 3 is 2.55 bits per heavy atom. The van der Waals surface area contributed by atoms with Gasteiger partial charge in [-0.15, -0.1) is 24.0 Å². The number of anilines is 1. The molecule has 2 N–H and O–H groups in total. The van der Waals surface area contributed by atoms with Gasteiger partial charge in [0.1, 0.15) is 5.82 Å². The average molecular weight is 508 g/mol. The number of pyridine rings is 1. The minimum atomic E-state index is 0. The first-order valence-corrected chi connectivity index (χ1v) is 10.4. The molecule has 1 aliphatic heterocycles. The molecule has 2 heterocycles. The number of nitrogens with one attached hydrogen (secondary N) is 2. The summed E-state index contributed by atoms with van der Waals surface area (Å²) in [6.45, 7) is 3.14. The number of benzene rings is 1. The molecule has 1 saturated heterocycles. The highest BCUT2D eigenvalue weighted by atomic mass is 127. The highest BCUT2D eigenvalue weighted by molar-refractivity contribution is 14.0. The maximum Gasteiger partial charge on any atom is 0.191 e. The van der Waals surface area contributed by atoms with Gasteiger partial charge in [-0.3, -0.25) is 4.99 Å². The summed E-state index contributed by atoms with van der Waals surface area (Å²) in [5.74, 6) is 1.86. The zero-order valence-electron chi connectivity index (χ0n) is 17.7. The number of fused-ring (bicyclic) bond motifs is 1. The van der Waals surface area contributed by atoms with Crippen molar-refractivity contribution in [2.75, 3.05) is 39.1 Å². The summed E-state index contributed by atoms with van der Waals surface area (Å²) in [4.78, 5) is 13.9. The van der Waals surface area contributed by atoms with Gasteiger partial charge in [-0.05, 0) is 43.4 Å². The van der Waals surface area contributed by atoms with Gasteiger partial charge in [0.15, 0.2) is 5.96 Å². The number of piperidine rings is 1. The Morgan fingerprint density at radius 1 is 1.17 bits per heavy atom. The van der Waals surface area contributed by atoms with Gasteiger partial charge in [0.2, 0.25) is 0 Å². The molecule has 1 aromatic heterocycles. The molecule has 0 spiro atoms. The van der Waals surface area contributed by atoms with Crippen molar-refractivity contribution in [3.63, 3.8) is 0 Å². The van der Waals surface area contributed by atoms with E-state index in [2.05, 4.69) is 49.7 Å². The molecule has 0 bridgehead atoms. The van der Waals surface area contributed by atoms with E-state index >= 15 is 0 Å². The number of guanidine groups is 1. The summed E-state index contributed by atoms with van der Waals surface area (Å²) >= 11 is 0. The minimum absolute atomic E-state index is 0. The third kappa shape index (κ3) is 5.51. The van der Waals surface area contributed by atoms with Crippen molar-refractivity contribution in [2.24, 2.45) is 4.99 Å². The van der Waals surface area contributed by atoms with Gasteiger partial charge >= 0.3 is 0 Å². The van der Waals surface area contributed by atoms with Crippen LogP contribution in [-0.4, -0.2) is 62.2 Å². The fraction of sp³-hybridized carbons (Fsp3) is 0.545. The lowest BCUT2D eigenvalue weighted by atomic mass is 10.1. The largest absolute Gasteiger partial charge is 0.363 e. The summed E-state index contributed by atoms with van der Waals surface area (Å²) in [6.07, 6.45) is 5.19. The van der Waals surface area contributed by atoms with Crippen molar-refractivity contribution in [1.29, 1.82) is 0 Å². The van der Waals surface area contributed by atoms with Gasteiger partial charge in [0, 0.05) is 58.2 Å². The van der Waals surface area contributed by atoms with E-state index in [0.29, 0.717) is 6.04 Å². The number of para-hydroxylation sites is 1. The molecule has 0 amide bonds. The number of hydrogen-bond acceptors (Lipinski definition) is 4. The van der Waals surface area contributed by atoms with E-state index in [-0.39, 0.29) is 24.0 Å². The van der Waals surface area contributed by atoms with E-state index < -0.39 is 0 Å². The Hall–Kier alpha value is -1.61. The quantitative estimate of drug-likeness (QED) is 0.369. The number of rotatable bonds is 5. The van der Waals surface area contributed by atoms with Gasteiger partial charge in [0.05, 0.1) is 5.52 Å². The molecular formula is C22H33IN6. The molecular weight excluding hydrogens is 475 g/mol. The Kier molecular flexibility index (Phi) is 7.56. The zero-order chi connectivity index (χ0) is 19.5. The lowest BCUT2D eigenvalue weighted by Crippen LogP contribution is -2.48. The molecule has 7 heteroatoms. The smallest absolute Gasteiger partial charge is 0.191 e. The van der Waals surface area contributed by atoms with Gasteiger partial charge in [-0.1, -0.05) is 18.2 Å². The number of nitrogens with zero attached hydrogens (tertiary/aromatic N) is 4. The third-order valence-corrected chi connectivity index (χ3v) is 5.85. The molecule has 1 saturated carbocycles. The van der Waals surface area contributed by atoms with Crippen LogP contribution in [0.4, 0.5) is 5.82 Å². The second kappa shape index (κ2) is 9.93. The summed E-state index contributed by atoms with van der Waals surface area (Å²) in [6, 6.07) is 11.9. The lowest BCUT2D eigenvalue weighted by molar-refractivity contribution is 0.197. The Balaban J connectivity index is 0.00000240. The standard InChI is InChI=1S/C22H32N6.HI/c1-23-22(25-17-10-12-28(13-11-17)18-8-9-18)24-15-16-14-21(27(2)3)26-20-7-5-4-6-19(16)20;/h4-7,14,17-18H,8-13,15H2,1-3H3,(H2,23,24,25);1H. The monoisotopic (exact) mass is 508 g/mol. The highest BCUT2D eigenvalue weighted by Crippen LogP contribution is 2.29. The van der Waals surface area contributed by atoms with Crippen molar-refractivity contribution < 1.29 is 0 Å². The maximum atomic E-state index is 4.75. The molecule has 1 aromatic carbocycles. The summed E-state index contributed by atoms with van der Waals surface area (Å²) in [5, 5.41) is 8.33. The fourth-order valence-corrected chi connectivity index (χ4v) is 4.02. The van der Waals surface area contributed by atoms with Crippen LogP contribution in [-0.2, 0) is 6.54 Å². The van der Waals surface area contributed by atoms with Crippen LogP contribution in [0, 0.1) is 0 Å². The first kappa shape index (κ1) is 22.1. The number of hydrogen-bond donors (Lipinski definition) is 2. The third-order valence-electron chi connectivity index (χ3n) is 5.85. The normalized spacial score (nSPS) is 18.4. The van der Waals surface area contributed by atoms with Crippen LogP contribution in [0.1, 0.15) is 31.2 Å². The second-order valence-corrected chi connectivity index (χ2v) is 8.16. The molecule has 6 nitrogen and oxygen atoms in total. The fourth-order valence-electron chi connectivity index (χ4n) is 4.02. The average Bonchev–Trinajstić information content (AvgIpc) is 3.56. The van der Waals surface area contributed by atoms with Crippen molar-refractivity contribution >= 4 is 46.7 Å². The van der Waals surface area contributed by atoms with Crippen molar-refractivity contribution in [3.05, 3.63) is 35.9 Å². The highest BCUT2D eigenvalue weighted by Gasteiger charge is 2.31. The number of halogens is 1. The summed E-state index contributed by atoms with van der Waals surface area (Å²) in [7, 11) is 5.91. The van der Waals surface area contributed by atoms with Crippen LogP contribution in [0.25, 0.3) is 10.9 Å². The summed E-state index contributed by atoms with van der Waals surface area (Å²) < 4.78 is 0. The van der Waals surface area contributed by atoms with Crippen LogP contribution >= 0.6 is 24.0 Å². The van der Waals surface area contributed by atoms with Gasteiger partial charge in [-0.2, -0.15) is 0 Å². The number of likely N-dealkylation sites (tertiary alicyclic amines) is 1. The topological polar surface area (TPSA) is 55.8 Å². The predicted molar refractivity (Wildman–Crippen MR) is 132 cm³/mol. The van der Waals surface area contributed by atoms with Gasteiger partial charge in [0.25, 0.3) is 0 Å². The predicted octanol–water partition coefficient (Wildman–Crippen LogP) is 3.21. The number of aliphatic imine (C=N–C) groups is 1. The molecule has 2 aliphatic rings. The molecule has 29 heavy (non-hydrogen) atoms. The first-order chi connectivity index (χ1) is 13.6. The van der Waals surface area contributed by atoms with E-state index in [1.54, 1.807) is 0 Å². The van der Waals surface area contributed by atoms with Gasteiger partial charge < -0.3 is 20.4 Å². The van der Waals surface area contributed by atoms with Crippen LogP contribution in [0.5, 0.6) is 0 Å². The maximum absolute atomic E-state index is 4.75. The Labute approximate surface area is 191 Å². The molecule has 2 fully saturated rings. The SMILES string of the molecule is CN=C(NCc1cc(N(C)C)nc2ccccc12)NC1CCN(C2CC2)CC1.I. The minimum Gasteiger partial charge on any atom is -0.363 e. The van der Waals surface area contributed by atoms with Crippen LogP contribution in [0.2, 0.25) is 0 Å². The van der Waals surface area contributed by atoms with Crippen molar-refractivity contribution in [3.8, 4) is 0 Å². The van der Waals surface area contributed by atoms with Crippen LogP contribution < -0.4 is 15.5 Å². The molecule has 0 radical (unpaired) electrons. The second-order valence-electron chi connectivity index (χ2n) is 8.16. The van der Waals surface area contributed by atoms with Crippen LogP contribution in [0.15, 0.2) is 35.3 Å². The van der Waals surface area contributed by atoms with Crippen molar-refractivity contribution in [2.45, 2.75) is 44.3 Å². The molecule has 0 atom stereocenters. The lowest BCUT2D eigenvalue weighted by Gasteiger charge is -2.33. The van der Waals surface area contributed by atoms with E-state index in [9.17, 15) is 0 Å².